The minimum absolute atomic E-state index is 0.0402. The summed E-state index contributed by atoms with van der Waals surface area (Å²) in [7, 11) is 0. The van der Waals surface area contributed by atoms with Crippen LogP contribution in [0.15, 0.2) is 54.7 Å². The molecule has 0 bridgehead atoms. The lowest BCUT2D eigenvalue weighted by Crippen LogP contribution is -2.48. The number of rotatable bonds is 7. The summed E-state index contributed by atoms with van der Waals surface area (Å²) >= 11 is 0. The van der Waals surface area contributed by atoms with Crippen LogP contribution < -0.4 is 14.2 Å². The first-order valence-corrected chi connectivity index (χ1v) is 10.9. The molecule has 0 atom stereocenters. The first-order chi connectivity index (χ1) is 16.6. The molecule has 0 unspecified atom stereocenters. The molecule has 2 aliphatic rings. The van der Waals surface area contributed by atoms with E-state index in [0.29, 0.717) is 18.8 Å². The molecule has 2 aromatic carbocycles. The fourth-order valence-corrected chi connectivity index (χ4v) is 3.98. The third-order valence-corrected chi connectivity index (χ3v) is 5.78. The second-order valence-corrected chi connectivity index (χ2v) is 7.99. The number of nitro benzene ring substituents is 1. The van der Waals surface area contributed by atoms with Crippen LogP contribution in [0, 0.1) is 10.1 Å². The molecule has 1 aromatic heterocycles. The van der Waals surface area contributed by atoms with Gasteiger partial charge in [-0.3, -0.25) is 19.8 Å². The van der Waals surface area contributed by atoms with E-state index in [1.165, 1.54) is 16.8 Å². The predicted molar refractivity (Wildman–Crippen MR) is 120 cm³/mol. The Balaban J connectivity index is 1.13. The summed E-state index contributed by atoms with van der Waals surface area (Å²) in [5.74, 6) is 1.54. The molecule has 34 heavy (non-hydrogen) atoms. The van der Waals surface area contributed by atoms with Crippen molar-refractivity contribution >= 4 is 11.6 Å². The smallest absolute Gasteiger partial charge is 0.311 e. The number of hydrogen-bond donors (Lipinski definition) is 0. The molecule has 2 aliphatic heterocycles. The van der Waals surface area contributed by atoms with Crippen LogP contribution in [-0.2, 0) is 13.3 Å². The standard InChI is InChI=1S/C23H23N5O6/c29-23(18-7-8-27(24-18)15-32-20-4-2-1-3-19(20)28(30)31)26-11-9-25(10-12-26)14-17-5-6-21-22(13-17)34-16-33-21/h1-8,13H,9-12,14-16H2. The Morgan fingerprint density at radius 1 is 1.06 bits per heavy atom. The maximum atomic E-state index is 12.9. The van der Waals surface area contributed by atoms with Crippen molar-refractivity contribution in [3.05, 3.63) is 76.1 Å². The Hall–Kier alpha value is -4.12. The van der Waals surface area contributed by atoms with Crippen LogP contribution in [-0.4, -0.2) is 63.4 Å². The van der Waals surface area contributed by atoms with Crippen LogP contribution in [0.1, 0.15) is 16.1 Å². The lowest BCUT2D eigenvalue weighted by Gasteiger charge is -2.34. The quantitative estimate of drug-likeness (QED) is 0.387. The molecule has 0 aliphatic carbocycles. The van der Waals surface area contributed by atoms with E-state index in [1.54, 1.807) is 29.3 Å². The van der Waals surface area contributed by atoms with Gasteiger partial charge in [0.25, 0.3) is 5.91 Å². The van der Waals surface area contributed by atoms with E-state index in [9.17, 15) is 14.9 Å². The highest BCUT2D eigenvalue weighted by Crippen LogP contribution is 2.33. The van der Waals surface area contributed by atoms with E-state index in [0.717, 1.165) is 36.7 Å². The summed E-state index contributed by atoms with van der Waals surface area (Å²) in [4.78, 5) is 27.6. The van der Waals surface area contributed by atoms with Crippen LogP contribution in [0.5, 0.6) is 17.2 Å². The zero-order valence-electron chi connectivity index (χ0n) is 18.3. The van der Waals surface area contributed by atoms with Crippen molar-refractivity contribution in [3.8, 4) is 17.2 Å². The molecule has 11 nitrogen and oxygen atoms in total. The number of carbonyl (C=O) groups is 1. The van der Waals surface area contributed by atoms with Gasteiger partial charge in [0.1, 0.15) is 0 Å². The minimum atomic E-state index is -0.500. The van der Waals surface area contributed by atoms with Gasteiger partial charge in [-0.05, 0) is 29.8 Å². The fourth-order valence-electron chi connectivity index (χ4n) is 3.98. The Labute approximate surface area is 195 Å². The lowest BCUT2D eigenvalue weighted by molar-refractivity contribution is -0.386. The molecule has 0 N–H and O–H groups in total. The normalized spacial score (nSPS) is 15.4. The molecular weight excluding hydrogens is 442 g/mol. The number of piperazine rings is 1. The van der Waals surface area contributed by atoms with Crippen LogP contribution in [0.2, 0.25) is 0 Å². The monoisotopic (exact) mass is 465 g/mol. The molecule has 11 heteroatoms. The van der Waals surface area contributed by atoms with Crippen LogP contribution in [0.25, 0.3) is 0 Å². The van der Waals surface area contributed by atoms with Crippen molar-refractivity contribution in [1.29, 1.82) is 0 Å². The average molecular weight is 465 g/mol. The van der Waals surface area contributed by atoms with Crippen molar-refractivity contribution in [3.63, 3.8) is 0 Å². The summed E-state index contributed by atoms with van der Waals surface area (Å²) in [6, 6.07) is 13.7. The van der Waals surface area contributed by atoms with Gasteiger partial charge >= 0.3 is 5.69 Å². The van der Waals surface area contributed by atoms with Gasteiger partial charge in [-0.1, -0.05) is 18.2 Å². The van der Waals surface area contributed by atoms with Crippen molar-refractivity contribution in [1.82, 2.24) is 19.6 Å². The van der Waals surface area contributed by atoms with Crippen molar-refractivity contribution in [2.45, 2.75) is 13.3 Å². The second kappa shape index (κ2) is 9.40. The number of hydrogen-bond acceptors (Lipinski definition) is 8. The molecule has 3 heterocycles. The first kappa shape index (κ1) is 21.7. The third-order valence-electron chi connectivity index (χ3n) is 5.78. The molecule has 176 valence electrons. The Kier molecular flexibility index (Phi) is 6.00. The molecule has 5 rings (SSSR count). The average Bonchev–Trinajstić information content (AvgIpc) is 3.52. The number of amides is 1. The van der Waals surface area contributed by atoms with Crippen LogP contribution in [0.3, 0.4) is 0 Å². The first-order valence-electron chi connectivity index (χ1n) is 10.9. The van der Waals surface area contributed by atoms with Gasteiger partial charge in [-0.25, -0.2) is 4.68 Å². The Bertz CT molecular complexity index is 1200. The van der Waals surface area contributed by atoms with E-state index in [1.807, 2.05) is 18.2 Å². The fraction of sp³-hybridized carbons (Fsp3) is 0.304. The van der Waals surface area contributed by atoms with E-state index in [2.05, 4.69) is 10.00 Å². The van der Waals surface area contributed by atoms with Gasteiger partial charge in [-0.2, -0.15) is 5.10 Å². The van der Waals surface area contributed by atoms with Crippen LogP contribution in [0.4, 0.5) is 5.69 Å². The van der Waals surface area contributed by atoms with Gasteiger partial charge in [-0.15, -0.1) is 0 Å². The Morgan fingerprint density at radius 3 is 2.68 bits per heavy atom. The van der Waals surface area contributed by atoms with Gasteiger partial charge in [0.15, 0.2) is 29.7 Å². The number of nitro groups is 1. The zero-order valence-corrected chi connectivity index (χ0v) is 18.3. The van der Waals surface area contributed by atoms with E-state index < -0.39 is 4.92 Å². The number of benzene rings is 2. The molecule has 0 spiro atoms. The summed E-state index contributed by atoms with van der Waals surface area (Å²) in [6.45, 7) is 3.70. The van der Waals surface area contributed by atoms with E-state index >= 15 is 0 Å². The topological polar surface area (TPSA) is 112 Å². The number of carbonyl (C=O) groups excluding carboxylic acids is 1. The lowest BCUT2D eigenvalue weighted by atomic mass is 10.1. The maximum Gasteiger partial charge on any atom is 0.311 e. The van der Waals surface area contributed by atoms with Gasteiger partial charge < -0.3 is 19.1 Å². The number of ether oxygens (including phenoxy) is 3. The van der Waals surface area contributed by atoms with Crippen molar-refractivity contribution in [2.24, 2.45) is 0 Å². The number of aromatic nitrogens is 2. The number of para-hydroxylation sites is 2. The van der Waals surface area contributed by atoms with Crippen molar-refractivity contribution < 1.29 is 23.9 Å². The minimum Gasteiger partial charge on any atom is -0.464 e. The highest BCUT2D eigenvalue weighted by molar-refractivity contribution is 5.92. The number of nitrogens with zero attached hydrogens (tertiary/aromatic N) is 5. The summed E-state index contributed by atoms with van der Waals surface area (Å²) < 4.78 is 17.8. The number of fused-ring (bicyclic) bond motifs is 1. The molecule has 1 amide bonds. The predicted octanol–water partition coefficient (Wildman–Crippen LogP) is 2.51. The SMILES string of the molecule is O=C(c1ccn(COc2ccccc2[N+](=O)[O-])n1)N1CCN(Cc2ccc3c(c2)OCO3)CC1. The molecule has 0 radical (unpaired) electrons. The van der Waals surface area contributed by atoms with Gasteiger partial charge in [0.05, 0.1) is 4.92 Å². The maximum absolute atomic E-state index is 12.9. The van der Waals surface area contributed by atoms with E-state index in [-0.39, 0.29) is 30.9 Å². The van der Waals surface area contributed by atoms with Gasteiger partial charge in [0.2, 0.25) is 6.79 Å². The summed E-state index contributed by atoms with van der Waals surface area (Å²) in [6.07, 6.45) is 1.62. The summed E-state index contributed by atoms with van der Waals surface area (Å²) in [5.41, 5.74) is 1.33. The second-order valence-electron chi connectivity index (χ2n) is 7.99. The third kappa shape index (κ3) is 4.64. The van der Waals surface area contributed by atoms with E-state index in [4.69, 9.17) is 14.2 Å². The molecule has 1 saturated heterocycles. The Morgan fingerprint density at radius 2 is 1.85 bits per heavy atom. The van der Waals surface area contributed by atoms with Crippen molar-refractivity contribution in [2.75, 3.05) is 33.0 Å². The molecular formula is C23H23N5O6. The van der Waals surface area contributed by atoms with Crippen LogP contribution >= 0.6 is 0 Å². The van der Waals surface area contributed by atoms with Gasteiger partial charge in [0, 0.05) is 45.0 Å². The molecule has 0 saturated carbocycles. The molecule has 3 aromatic rings. The molecule has 1 fully saturated rings. The largest absolute Gasteiger partial charge is 0.464 e. The highest BCUT2D eigenvalue weighted by Gasteiger charge is 2.24. The highest BCUT2D eigenvalue weighted by atomic mass is 16.7. The zero-order chi connectivity index (χ0) is 23.5. The summed E-state index contributed by atoms with van der Waals surface area (Å²) in [5, 5.41) is 15.4.